The molecular formula is C19H29ClN2O. The maximum absolute atomic E-state index is 6.11. The number of nitrogens with one attached hydrogen (secondary N) is 1. The van der Waals surface area contributed by atoms with Crippen LogP contribution in [-0.2, 0) is 0 Å². The quantitative estimate of drug-likeness (QED) is 0.808. The molecule has 1 N–H and O–H groups in total. The van der Waals surface area contributed by atoms with Crippen molar-refractivity contribution in [2.45, 2.75) is 59.6 Å². The average molecular weight is 337 g/mol. The van der Waals surface area contributed by atoms with Crippen molar-refractivity contribution in [2.24, 2.45) is 0 Å². The number of nitrogens with zero attached hydrogens (tertiary/aromatic N) is 1. The molecule has 2 aromatic rings. The zero-order valence-corrected chi connectivity index (χ0v) is 15.7. The summed E-state index contributed by atoms with van der Waals surface area (Å²) in [6.45, 7) is 11.1. The van der Waals surface area contributed by atoms with Crippen molar-refractivity contribution in [2.75, 3.05) is 6.54 Å². The Morgan fingerprint density at radius 3 is 2.61 bits per heavy atom. The fraction of sp³-hybridized carbons (Fsp3) is 0.526. The van der Waals surface area contributed by atoms with E-state index in [0.717, 1.165) is 36.0 Å². The van der Waals surface area contributed by atoms with E-state index < -0.39 is 0 Å². The molecule has 1 saturated heterocycles. The van der Waals surface area contributed by atoms with E-state index >= 15 is 0 Å². The van der Waals surface area contributed by atoms with Crippen LogP contribution in [0.3, 0.4) is 0 Å². The lowest BCUT2D eigenvalue weighted by Gasteiger charge is -2.14. The average Bonchev–Trinajstić information content (AvgIpc) is 3.06. The monoisotopic (exact) mass is 336 g/mol. The third kappa shape index (κ3) is 5.36. The van der Waals surface area contributed by atoms with Gasteiger partial charge < -0.3 is 10.1 Å². The molecule has 4 heteroatoms. The molecule has 1 fully saturated rings. The summed E-state index contributed by atoms with van der Waals surface area (Å²) in [5, 5.41) is 5.19. The zero-order chi connectivity index (χ0) is 17.2. The summed E-state index contributed by atoms with van der Waals surface area (Å²) in [4.78, 5) is 4.33. The maximum Gasteiger partial charge on any atom is 0.130 e. The van der Waals surface area contributed by atoms with Gasteiger partial charge in [-0.3, -0.25) is 4.98 Å². The van der Waals surface area contributed by atoms with E-state index in [1.165, 1.54) is 0 Å². The highest BCUT2D eigenvalue weighted by molar-refractivity contribution is 6.31. The Bertz CT molecular complexity index is 589. The molecule has 0 spiro atoms. The van der Waals surface area contributed by atoms with Crippen molar-refractivity contribution >= 4 is 22.5 Å². The second kappa shape index (κ2) is 10.5. The first-order valence-electron chi connectivity index (χ1n) is 8.70. The van der Waals surface area contributed by atoms with E-state index in [1.54, 1.807) is 6.20 Å². The highest BCUT2D eigenvalue weighted by Crippen LogP contribution is 2.28. The van der Waals surface area contributed by atoms with Crippen LogP contribution in [0.4, 0.5) is 0 Å². The van der Waals surface area contributed by atoms with Gasteiger partial charge in [-0.25, -0.2) is 0 Å². The van der Waals surface area contributed by atoms with E-state index in [1.807, 2.05) is 52.0 Å². The third-order valence-corrected chi connectivity index (χ3v) is 3.87. The first-order valence-corrected chi connectivity index (χ1v) is 9.08. The highest BCUT2D eigenvalue weighted by atomic mass is 35.5. The molecule has 0 radical (unpaired) electrons. The number of pyridine rings is 1. The van der Waals surface area contributed by atoms with E-state index in [4.69, 9.17) is 16.3 Å². The van der Waals surface area contributed by atoms with Crippen LogP contribution in [0.25, 0.3) is 10.9 Å². The fourth-order valence-corrected chi connectivity index (χ4v) is 2.73. The summed E-state index contributed by atoms with van der Waals surface area (Å²) in [6.07, 6.45) is 4.22. The molecule has 1 aromatic heterocycles. The van der Waals surface area contributed by atoms with Gasteiger partial charge in [0.1, 0.15) is 11.9 Å². The molecule has 0 bridgehead atoms. The Labute approximate surface area is 145 Å². The molecule has 1 aromatic carbocycles. The number of ether oxygens (including phenoxy) is 1. The van der Waals surface area contributed by atoms with Crippen LogP contribution in [0.2, 0.25) is 5.02 Å². The number of rotatable bonds is 3. The van der Waals surface area contributed by atoms with Crippen LogP contribution in [0.15, 0.2) is 30.5 Å². The largest absolute Gasteiger partial charge is 0.488 e. The van der Waals surface area contributed by atoms with Crippen molar-refractivity contribution < 1.29 is 4.74 Å². The number of aromatic nitrogens is 1. The van der Waals surface area contributed by atoms with Gasteiger partial charge in [0, 0.05) is 35.6 Å². The second-order valence-corrected chi connectivity index (χ2v) is 5.40. The molecule has 2 heterocycles. The summed E-state index contributed by atoms with van der Waals surface area (Å²) < 4.78 is 6.11. The molecule has 1 aliphatic rings. The minimum absolute atomic E-state index is 0.242. The molecule has 1 aliphatic heterocycles. The molecule has 23 heavy (non-hydrogen) atoms. The highest BCUT2D eigenvalue weighted by Gasteiger charge is 2.24. The number of fused-ring (bicyclic) bond motifs is 1. The molecule has 2 unspecified atom stereocenters. The van der Waals surface area contributed by atoms with Gasteiger partial charge >= 0.3 is 0 Å². The molecule has 3 nitrogen and oxygen atoms in total. The Balaban J connectivity index is 0.000000615. The Morgan fingerprint density at radius 2 is 1.96 bits per heavy atom. The van der Waals surface area contributed by atoms with Crippen LogP contribution < -0.4 is 10.1 Å². The zero-order valence-electron chi connectivity index (χ0n) is 14.9. The minimum Gasteiger partial charge on any atom is -0.488 e. The van der Waals surface area contributed by atoms with Crippen LogP contribution in [0.5, 0.6) is 5.75 Å². The predicted octanol–water partition coefficient (Wildman–Crippen LogP) is 5.46. The van der Waals surface area contributed by atoms with E-state index in [9.17, 15) is 0 Å². The van der Waals surface area contributed by atoms with Gasteiger partial charge in [-0.15, -0.1) is 0 Å². The van der Waals surface area contributed by atoms with Crippen LogP contribution in [-0.4, -0.2) is 23.7 Å². The summed E-state index contributed by atoms with van der Waals surface area (Å²) >= 11 is 5.99. The lowest BCUT2D eigenvalue weighted by Crippen LogP contribution is -2.21. The predicted molar refractivity (Wildman–Crippen MR) is 101 cm³/mol. The number of benzene rings is 1. The van der Waals surface area contributed by atoms with Gasteiger partial charge in [0.2, 0.25) is 0 Å². The number of hydrogen-bond acceptors (Lipinski definition) is 3. The van der Waals surface area contributed by atoms with Crippen LogP contribution >= 0.6 is 11.6 Å². The normalized spacial score (nSPS) is 19.4. The Hall–Kier alpha value is -1.32. The maximum atomic E-state index is 6.11. The van der Waals surface area contributed by atoms with Crippen molar-refractivity contribution in [3.63, 3.8) is 0 Å². The minimum atomic E-state index is 0.242. The first-order chi connectivity index (χ1) is 11.3. The van der Waals surface area contributed by atoms with Gasteiger partial charge in [0.15, 0.2) is 0 Å². The summed E-state index contributed by atoms with van der Waals surface area (Å²) in [7, 11) is 0. The summed E-state index contributed by atoms with van der Waals surface area (Å²) in [5.74, 6) is 0.894. The first kappa shape index (κ1) is 19.7. The molecule has 128 valence electrons. The van der Waals surface area contributed by atoms with Gasteiger partial charge in [0.05, 0.1) is 5.52 Å². The lowest BCUT2D eigenvalue weighted by atomic mass is 10.1. The molecular weight excluding hydrogens is 308 g/mol. The number of halogens is 1. The molecule has 0 aliphatic carbocycles. The van der Waals surface area contributed by atoms with Gasteiger partial charge in [0.25, 0.3) is 0 Å². The van der Waals surface area contributed by atoms with Gasteiger partial charge in [-0.2, -0.15) is 0 Å². The molecule has 0 amide bonds. The standard InChI is InChI=1S/C15H17ClN2O.2C2H6/c1-2-11-8-12(9-18-11)19-15-5-6-17-14-7-10(16)3-4-13(14)15;2*1-2/h3-7,11-12,18H,2,8-9H2,1H3;2*1-2H3. The number of hydrogen-bond donors (Lipinski definition) is 1. The van der Waals surface area contributed by atoms with Crippen LogP contribution in [0, 0.1) is 0 Å². The Kier molecular flexibility index (Phi) is 8.97. The molecule has 0 saturated carbocycles. The van der Waals surface area contributed by atoms with E-state index in [2.05, 4.69) is 17.2 Å². The fourth-order valence-electron chi connectivity index (χ4n) is 2.56. The second-order valence-electron chi connectivity index (χ2n) is 4.96. The third-order valence-electron chi connectivity index (χ3n) is 3.63. The SMILES string of the molecule is CC.CC.CCC1CC(Oc2ccnc3cc(Cl)ccc23)CN1. The molecule has 3 rings (SSSR count). The van der Waals surface area contributed by atoms with Crippen molar-refractivity contribution in [3.8, 4) is 5.75 Å². The smallest absolute Gasteiger partial charge is 0.130 e. The Morgan fingerprint density at radius 1 is 1.22 bits per heavy atom. The van der Waals surface area contributed by atoms with Crippen molar-refractivity contribution in [1.29, 1.82) is 0 Å². The topological polar surface area (TPSA) is 34.1 Å². The summed E-state index contributed by atoms with van der Waals surface area (Å²) in [6, 6.07) is 8.22. The van der Waals surface area contributed by atoms with E-state index in [0.29, 0.717) is 11.1 Å². The van der Waals surface area contributed by atoms with E-state index in [-0.39, 0.29) is 6.10 Å². The molecule has 2 atom stereocenters. The summed E-state index contributed by atoms with van der Waals surface area (Å²) in [5.41, 5.74) is 0.878. The van der Waals surface area contributed by atoms with Gasteiger partial charge in [-0.1, -0.05) is 46.2 Å². The van der Waals surface area contributed by atoms with Crippen molar-refractivity contribution in [1.82, 2.24) is 10.3 Å². The van der Waals surface area contributed by atoms with Crippen LogP contribution in [0.1, 0.15) is 47.5 Å². The lowest BCUT2D eigenvalue weighted by molar-refractivity contribution is 0.222. The van der Waals surface area contributed by atoms with Gasteiger partial charge in [-0.05, 0) is 30.7 Å². The van der Waals surface area contributed by atoms with Crippen molar-refractivity contribution in [3.05, 3.63) is 35.5 Å².